The zero-order chi connectivity index (χ0) is 16.8. The molecule has 2 rings (SSSR count). The fraction of sp³-hybridized carbons (Fsp3) is 0.235. The summed E-state index contributed by atoms with van der Waals surface area (Å²) in [5.74, 6) is 0.716. The molecule has 0 saturated heterocycles. The van der Waals surface area contributed by atoms with Crippen LogP contribution in [0.5, 0.6) is 5.75 Å². The Morgan fingerprint density at radius 2 is 1.91 bits per heavy atom. The van der Waals surface area contributed by atoms with Crippen molar-refractivity contribution in [2.45, 2.75) is 6.04 Å². The number of nitrogens with one attached hydrogen (secondary N) is 1. The van der Waals surface area contributed by atoms with E-state index in [1.807, 2.05) is 12.1 Å². The molecular formula is C17H19ClN2O3. The number of aliphatic hydroxyl groups is 1. The second-order valence-electron chi connectivity index (χ2n) is 4.99. The van der Waals surface area contributed by atoms with Crippen molar-refractivity contribution in [1.29, 1.82) is 0 Å². The van der Waals surface area contributed by atoms with Crippen molar-refractivity contribution in [3.05, 3.63) is 59.1 Å². The van der Waals surface area contributed by atoms with E-state index < -0.39 is 6.04 Å². The lowest BCUT2D eigenvalue weighted by Gasteiger charge is -2.27. The Bertz CT molecular complexity index is 661. The minimum absolute atomic E-state index is 0.196. The Labute approximate surface area is 140 Å². The van der Waals surface area contributed by atoms with Crippen LogP contribution in [-0.2, 0) is 0 Å². The summed E-state index contributed by atoms with van der Waals surface area (Å²) in [6.07, 6.45) is 0. The zero-order valence-corrected chi connectivity index (χ0v) is 13.7. The van der Waals surface area contributed by atoms with Gasteiger partial charge in [0, 0.05) is 7.05 Å². The third-order valence-electron chi connectivity index (χ3n) is 3.58. The van der Waals surface area contributed by atoms with Crippen molar-refractivity contribution in [2.24, 2.45) is 0 Å². The number of benzene rings is 2. The minimum Gasteiger partial charge on any atom is -0.497 e. The van der Waals surface area contributed by atoms with E-state index in [1.165, 1.54) is 4.90 Å². The molecule has 122 valence electrons. The maximum atomic E-state index is 12.4. The number of nitrogens with zero attached hydrogens (tertiary/aromatic N) is 1. The summed E-state index contributed by atoms with van der Waals surface area (Å²) in [6.45, 7) is -0.196. The van der Waals surface area contributed by atoms with Gasteiger partial charge in [0.25, 0.3) is 0 Å². The number of urea groups is 1. The fourth-order valence-corrected chi connectivity index (χ4v) is 2.37. The van der Waals surface area contributed by atoms with Gasteiger partial charge in [0.1, 0.15) is 5.75 Å². The molecule has 1 atom stereocenters. The molecule has 5 nitrogen and oxygen atoms in total. The number of hydrogen-bond acceptors (Lipinski definition) is 3. The molecule has 0 aliphatic heterocycles. The highest BCUT2D eigenvalue weighted by molar-refractivity contribution is 6.33. The number of hydrogen-bond donors (Lipinski definition) is 2. The smallest absolute Gasteiger partial charge is 0.322 e. The molecule has 2 amide bonds. The summed E-state index contributed by atoms with van der Waals surface area (Å²) in [7, 11) is 3.21. The van der Waals surface area contributed by atoms with Gasteiger partial charge in [-0.05, 0) is 29.8 Å². The molecule has 23 heavy (non-hydrogen) atoms. The number of ether oxygens (including phenoxy) is 1. The molecular weight excluding hydrogens is 316 g/mol. The maximum Gasteiger partial charge on any atom is 0.322 e. The molecule has 0 bridgehead atoms. The lowest BCUT2D eigenvalue weighted by atomic mass is 10.1. The quantitative estimate of drug-likeness (QED) is 0.879. The lowest BCUT2D eigenvalue weighted by molar-refractivity contribution is 0.159. The zero-order valence-electron chi connectivity index (χ0n) is 13.0. The highest BCUT2D eigenvalue weighted by Crippen LogP contribution is 2.24. The molecule has 0 aliphatic carbocycles. The number of likely N-dealkylation sites (N-methyl/N-ethyl adjacent to an activating group) is 1. The van der Waals surface area contributed by atoms with Gasteiger partial charge in [0.15, 0.2) is 0 Å². The standard InChI is InChI=1S/C17H19ClN2O3/c1-20(17(22)19-15-6-4-3-5-14(15)18)16(11-21)12-7-9-13(23-2)10-8-12/h3-10,16,21H,11H2,1-2H3,(H,19,22). The summed E-state index contributed by atoms with van der Waals surface area (Å²) in [5, 5.41) is 12.9. The lowest BCUT2D eigenvalue weighted by Crippen LogP contribution is -2.36. The minimum atomic E-state index is -0.469. The van der Waals surface area contributed by atoms with Gasteiger partial charge in [0.05, 0.1) is 30.5 Å². The van der Waals surface area contributed by atoms with Crippen molar-refractivity contribution in [3.8, 4) is 5.75 Å². The van der Waals surface area contributed by atoms with E-state index in [-0.39, 0.29) is 12.6 Å². The Balaban J connectivity index is 2.13. The summed E-state index contributed by atoms with van der Waals surface area (Å²) < 4.78 is 5.11. The number of amides is 2. The van der Waals surface area contributed by atoms with Crippen LogP contribution in [0.4, 0.5) is 10.5 Å². The predicted octanol–water partition coefficient (Wildman–Crippen LogP) is 3.55. The number of halogens is 1. The van der Waals surface area contributed by atoms with E-state index in [4.69, 9.17) is 16.3 Å². The van der Waals surface area contributed by atoms with Gasteiger partial charge in [-0.2, -0.15) is 0 Å². The van der Waals surface area contributed by atoms with E-state index in [0.29, 0.717) is 16.5 Å². The molecule has 2 aromatic carbocycles. The first kappa shape index (κ1) is 17.1. The highest BCUT2D eigenvalue weighted by atomic mass is 35.5. The summed E-state index contributed by atoms with van der Waals surface area (Å²) in [5.41, 5.74) is 1.34. The Morgan fingerprint density at radius 1 is 1.26 bits per heavy atom. The topological polar surface area (TPSA) is 61.8 Å². The third-order valence-corrected chi connectivity index (χ3v) is 3.91. The number of para-hydroxylation sites is 1. The molecule has 0 radical (unpaired) electrons. The summed E-state index contributed by atoms with van der Waals surface area (Å²) >= 11 is 6.04. The number of aliphatic hydroxyl groups excluding tert-OH is 1. The second-order valence-corrected chi connectivity index (χ2v) is 5.40. The molecule has 0 spiro atoms. The average molecular weight is 335 g/mol. The van der Waals surface area contributed by atoms with Gasteiger partial charge < -0.3 is 20.1 Å². The Hall–Kier alpha value is -2.24. The molecule has 6 heteroatoms. The SMILES string of the molecule is COc1ccc(C(CO)N(C)C(=O)Nc2ccccc2Cl)cc1. The number of anilines is 1. The average Bonchev–Trinajstić information content (AvgIpc) is 2.58. The van der Waals surface area contributed by atoms with Gasteiger partial charge in [-0.3, -0.25) is 0 Å². The second kappa shape index (κ2) is 7.85. The van der Waals surface area contributed by atoms with Crippen molar-refractivity contribution >= 4 is 23.3 Å². The monoisotopic (exact) mass is 334 g/mol. The normalized spacial score (nSPS) is 11.7. The van der Waals surface area contributed by atoms with Crippen LogP contribution < -0.4 is 10.1 Å². The fourth-order valence-electron chi connectivity index (χ4n) is 2.19. The number of carbonyl (C=O) groups excluding carboxylic acids is 1. The first-order valence-electron chi connectivity index (χ1n) is 7.10. The molecule has 2 aromatic rings. The van der Waals surface area contributed by atoms with Crippen molar-refractivity contribution in [3.63, 3.8) is 0 Å². The van der Waals surface area contributed by atoms with Crippen LogP contribution in [-0.4, -0.2) is 36.8 Å². The molecule has 0 fully saturated rings. The van der Waals surface area contributed by atoms with Crippen LogP contribution in [0.25, 0.3) is 0 Å². The Morgan fingerprint density at radius 3 is 2.48 bits per heavy atom. The van der Waals surface area contributed by atoms with Crippen molar-refractivity contribution < 1.29 is 14.6 Å². The molecule has 1 unspecified atom stereocenters. The third kappa shape index (κ3) is 4.15. The molecule has 0 aromatic heterocycles. The molecule has 0 aliphatic rings. The van der Waals surface area contributed by atoms with Gasteiger partial charge >= 0.3 is 6.03 Å². The number of rotatable bonds is 5. The largest absolute Gasteiger partial charge is 0.497 e. The summed E-state index contributed by atoms with van der Waals surface area (Å²) in [4.78, 5) is 13.8. The Kier molecular flexibility index (Phi) is 5.84. The first-order valence-corrected chi connectivity index (χ1v) is 7.47. The first-order chi connectivity index (χ1) is 11.1. The van der Waals surface area contributed by atoms with Crippen LogP contribution in [0.3, 0.4) is 0 Å². The van der Waals surface area contributed by atoms with E-state index in [1.54, 1.807) is 50.6 Å². The van der Waals surface area contributed by atoms with Crippen LogP contribution in [0, 0.1) is 0 Å². The number of carbonyl (C=O) groups is 1. The van der Waals surface area contributed by atoms with Gasteiger partial charge in [-0.1, -0.05) is 35.9 Å². The predicted molar refractivity (Wildman–Crippen MR) is 91.1 cm³/mol. The van der Waals surface area contributed by atoms with Crippen molar-refractivity contribution in [1.82, 2.24) is 4.90 Å². The van der Waals surface area contributed by atoms with Gasteiger partial charge in [-0.25, -0.2) is 4.79 Å². The van der Waals surface area contributed by atoms with Crippen LogP contribution in [0.2, 0.25) is 5.02 Å². The highest BCUT2D eigenvalue weighted by Gasteiger charge is 2.21. The number of methoxy groups -OCH3 is 1. The molecule has 0 saturated carbocycles. The van der Waals surface area contributed by atoms with E-state index in [2.05, 4.69) is 5.32 Å². The van der Waals surface area contributed by atoms with Crippen LogP contribution in [0.1, 0.15) is 11.6 Å². The van der Waals surface area contributed by atoms with Crippen molar-refractivity contribution in [2.75, 3.05) is 26.1 Å². The van der Waals surface area contributed by atoms with E-state index in [9.17, 15) is 9.90 Å². The van der Waals surface area contributed by atoms with Gasteiger partial charge in [-0.15, -0.1) is 0 Å². The van der Waals surface area contributed by atoms with E-state index in [0.717, 1.165) is 5.56 Å². The van der Waals surface area contributed by atoms with Crippen LogP contribution in [0.15, 0.2) is 48.5 Å². The summed E-state index contributed by atoms with van der Waals surface area (Å²) in [6, 6.07) is 13.4. The van der Waals surface area contributed by atoms with Gasteiger partial charge in [0.2, 0.25) is 0 Å². The molecule has 0 heterocycles. The van der Waals surface area contributed by atoms with Crippen LogP contribution >= 0.6 is 11.6 Å². The van der Waals surface area contributed by atoms with E-state index >= 15 is 0 Å². The maximum absolute atomic E-state index is 12.4. The molecule has 2 N–H and O–H groups in total.